The van der Waals surface area contributed by atoms with Crippen molar-refractivity contribution in [1.82, 2.24) is 9.80 Å². The minimum Gasteiger partial charge on any atom is -0.463 e. The number of amides is 2. The quantitative estimate of drug-likeness (QED) is 0.0129. The van der Waals surface area contributed by atoms with E-state index in [1.54, 1.807) is 18.7 Å². The smallest absolute Gasteiger partial charge is 0.302 e. The third-order valence-electron chi connectivity index (χ3n) is 25.9. The van der Waals surface area contributed by atoms with E-state index in [4.69, 9.17) is 19.4 Å². The van der Waals surface area contributed by atoms with Crippen molar-refractivity contribution in [3.05, 3.63) is 244 Å². The molecular weight excluding hydrogens is 1780 g/mol. The maximum atomic E-state index is 11.3. The van der Waals surface area contributed by atoms with Gasteiger partial charge in [0.2, 0.25) is 11.8 Å². The molecule has 0 saturated heterocycles. The van der Waals surface area contributed by atoms with Crippen LogP contribution in [0.4, 0.5) is 0 Å². The number of carbonyl (C=O) groups is 3. The summed E-state index contributed by atoms with van der Waals surface area (Å²) in [6.07, 6.45) is 72.3. The van der Waals surface area contributed by atoms with Crippen molar-refractivity contribution < 1.29 is 33.4 Å². The molecule has 2 amide bonds. The molecule has 0 aromatic heterocycles. The molecule has 1 aromatic carbocycles. The van der Waals surface area contributed by atoms with Crippen LogP contribution in [0.3, 0.4) is 0 Å². The number of allylic oxidation sites excluding steroid dienone is 31. The lowest BCUT2D eigenvalue weighted by Crippen LogP contribution is -2.41. The van der Waals surface area contributed by atoms with E-state index in [9.17, 15) is 19.5 Å². The molecule has 0 bridgehead atoms. The van der Waals surface area contributed by atoms with Gasteiger partial charge in [-0.3, -0.25) is 14.4 Å². The minimum absolute atomic E-state index is 0.0723. The number of azide groups is 1. The second-order valence-corrected chi connectivity index (χ2v) is 46.7. The highest BCUT2D eigenvalue weighted by atomic mass is 32.2. The SMILES string of the molecule is C/C=C(\C)C(CC)C/C=C(\C)CCC=C(C)C.C/C=C(\C)CC/C=C(\C)CCC(CC)OC(C)=O.C/C=C(\C)CC/C=C(\C)CCC(O)CC.C/C=C(\C)CC/C=C(\C)CCCN(C)C(C)=O.C/C=C(\C)CC/C=C(\C)COCc1ccccc1.C/C=C(\C)CC/C=C(\C)CO[Si](C)(C)C(C)(C)C.C/C=C(\C)CC/C=C(\C)CSCCC.C/C=C(\C)CCCN(CCCC)C(C)=O.C/C=C(\C)CCCN=[N+]=[N-]. The average Bonchev–Trinajstić information content (AvgIpc) is 0.840. The number of aliphatic hydroxyl groups excluding tert-OH is 1. The van der Waals surface area contributed by atoms with Crippen LogP contribution in [-0.2, 0) is 34.9 Å². The van der Waals surface area contributed by atoms with Gasteiger partial charge in [-0.25, -0.2) is 0 Å². The summed E-state index contributed by atoms with van der Waals surface area (Å²) in [7, 11) is 0.270. The van der Waals surface area contributed by atoms with Gasteiger partial charge in [0.15, 0.2) is 8.32 Å². The first-order valence-electron chi connectivity index (χ1n) is 55.0. The number of rotatable bonds is 60. The Morgan fingerprint density at radius 2 is 0.817 bits per heavy atom. The van der Waals surface area contributed by atoms with Crippen molar-refractivity contribution in [2.24, 2.45) is 11.0 Å². The fourth-order valence-corrected chi connectivity index (χ4v) is 14.7. The van der Waals surface area contributed by atoms with E-state index in [2.05, 4.69) is 367 Å². The molecule has 0 fully saturated rings. The summed E-state index contributed by atoms with van der Waals surface area (Å²) in [4.78, 5) is 39.6. The van der Waals surface area contributed by atoms with Gasteiger partial charge in [-0.1, -0.05) is 295 Å². The number of nitrogens with zero attached hydrogens (tertiary/aromatic N) is 5. The summed E-state index contributed by atoms with van der Waals surface area (Å²) in [6.45, 7) is 90.5. The van der Waals surface area contributed by atoms with E-state index in [-0.39, 0.29) is 30.0 Å². The Bertz CT molecular complexity index is 3930. The molecule has 14 heteroatoms. The first kappa shape index (κ1) is 150. The van der Waals surface area contributed by atoms with Crippen molar-refractivity contribution >= 4 is 37.9 Å². The molecule has 3 atom stereocenters. The second-order valence-electron chi connectivity index (χ2n) is 40.8. The number of hydrogen-bond acceptors (Lipinski definition) is 9. The number of hydrogen-bond donors (Lipinski definition) is 1. The van der Waals surface area contributed by atoms with Crippen LogP contribution in [0.15, 0.2) is 233 Å². The first-order valence-corrected chi connectivity index (χ1v) is 59.0. The molecule has 0 aliphatic heterocycles. The topological polar surface area (TPSA) is 154 Å². The molecule has 0 heterocycles. The first-order chi connectivity index (χ1) is 67.0. The predicted octanol–water partition coefficient (Wildman–Crippen LogP) is 40.9. The van der Waals surface area contributed by atoms with Crippen LogP contribution in [0.5, 0.6) is 0 Å². The molecule has 1 aromatic rings. The maximum absolute atomic E-state index is 11.3. The van der Waals surface area contributed by atoms with Crippen molar-refractivity contribution in [3.63, 3.8) is 0 Å². The molecule has 818 valence electrons. The number of thioether (sulfide) groups is 1. The van der Waals surface area contributed by atoms with Crippen LogP contribution in [0.2, 0.25) is 18.1 Å². The summed E-state index contributed by atoms with van der Waals surface area (Å²) >= 11 is 2.04. The monoisotopic (exact) mass is 2010 g/mol. The van der Waals surface area contributed by atoms with Gasteiger partial charge in [0.25, 0.3) is 0 Å². The minimum atomic E-state index is -1.59. The summed E-state index contributed by atoms with van der Waals surface area (Å²) in [5, 5.41) is 13.2. The standard InChI is InChI=1S/C17H24O.C17H30.C16H28O2.C16H32OSi.C15H27NO.C14H26O.C13H25NO.C13H24S.C7H13N3/c1-4-15(2)9-8-10-16(3)13-18-14-17-11-6-5-7-12-17;1-7-16(6)17(8-2)13-12-15(5)11-9-10-14(3)4;1-6-13(3)9-8-10-14(4)11-12-16(7-2)18-15(5)17;1-9-14(2)11-10-12-15(3)13-17-18(7,8)16(4,5)6;1-6-13(2)9-7-10-14(3)11-8-12-16(5)15(4)17;1-5-12(3)8-7-9-13(4)10-11-14(15)6-2;1-5-7-10-14(13(4)15)11-8-9-12(3)6-2;1-5-10-14-11-13(4)9-7-8-12(3)6-2;1-3-7(2)5-4-6-9-10-8/h4-7,10-12H,8-9,13-14H2,1-3H3;7,10,12,17H,8-9,11,13H2,1-6H3;6,10,16H,7-9,11-12H2,1-5H3;9,12H,10-11,13H2,1-8H3;6,10H,7-9,11-12H2,1-5H3;5,9,14-15H,6-8,10-11H2,1-4H3;6H,5,7-11H2,1-4H3;6,9H,5,7-8,10-11H2,1-4H3;3H,4-6H2,1-2H3/b15-4+,16-10+;15-12+,16-7+;13-6+,14-10+;14-9+,15-12+;13-6+,14-10+;12-5+,13-9+;12-6+;12-6+,13-9+;7-3+. The van der Waals surface area contributed by atoms with Crippen LogP contribution in [-0.4, -0.2) is 111 Å². The van der Waals surface area contributed by atoms with E-state index in [0.29, 0.717) is 18.2 Å². The van der Waals surface area contributed by atoms with Crippen LogP contribution >= 0.6 is 11.8 Å². The molecule has 0 spiro atoms. The summed E-state index contributed by atoms with van der Waals surface area (Å²) < 4.78 is 17.1. The molecule has 1 N–H and O–H groups in total. The van der Waals surface area contributed by atoms with E-state index in [1.807, 2.05) is 55.8 Å². The Morgan fingerprint density at radius 1 is 0.437 bits per heavy atom. The largest absolute Gasteiger partial charge is 0.463 e. The molecule has 12 nitrogen and oxygen atoms in total. The van der Waals surface area contributed by atoms with Gasteiger partial charge in [0.1, 0.15) is 6.10 Å². The Balaban J connectivity index is -0.000000238. The Morgan fingerprint density at radius 3 is 1.20 bits per heavy atom. The maximum Gasteiger partial charge on any atom is 0.302 e. The zero-order chi connectivity index (χ0) is 110. The Labute approximate surface area is 887 Å². The lowest BCUT2D eigenvalue weighted by atomic mass is 9.92. The molecule has 0 aliphatic rings. The Kier molecular flexibility index (Phi) is 110. The van der Waals surface area contributed by atoms with E-state index < -0.39 is 8.32 Å². The van der Waals surface area contributed by atoms with E-state index in [0.717, 1.165) is 193 Å². The number of esters is 1. The molecule has 0 radical (unpaired) electrons. The molecule has 142 heavy (non-hydrogen) atoms. The Hall–Kier alpha value is -7.03. The van der Waals surface area contributed by atoms with Crippen LogP contribution in [0, 0.1) is 5.92 Å². The van der Waals surface area contributed by atoms with Gasteiger partial charge in [0, 0.05) is 64.7 Å². The molecule has 1 rings (SSSR count). The van der Waals surface area contributed by atoms with Crippen molar-refractivity contribution in [2.45, 2.75) is 499 Å². The summed E-state index contributed by atoms with van der Waals surface area (Å²) in [5.74, 6) is 3.42. The molecule has 0 saturated carbocycles. The van der Waals surface area contributed by atoms with Crippen LogP contribution in [0.25, 0.3) is 10.4 Å². The van der Waals surface area contributed by atoms with Gasteiger partial charge in [-0.05, 0) is 420 Å². The average molecular weight is 2010 g/mol. The van der Waals surface area contributed by atoms with Crippen molar-refractivity contribution in [3.8, 4) is 0 Å². The fraction of sp³-hybridized carbons (Fsp3) is 0.664. The number of ether oxygens (including phenoxy) is 2. The zero-order valence-corrected chi connectivity index (χ0v) is 103. The third kappa shape index (κ3) is 109. The highest BCUT2D eigenvalue weighted by Crippen LogP contribution is 2.37. The number of benzene rings is 1. The van der Waals surface area contributed by atoms with E-state index in [1.165, 1.54) is 164 Å². The highest BCUT2D eigenvalue weighted by molar-refractivity contribution is 7.99. The van der Waals surface area contributed by atoms with Crippen molar-refractivity contribution in [2.75, 3.05) is 57.9 Å². The molecule has 0 aliphatic carbocycles. The van der Waals surface area contributed by atoms with Gasteiger partial charge >= 0.3 is 5.97 Å². The van der Waals surface area contributed by atoms with Crippen LogP contribution in [0.1, 0.15) is 468 Å². The normalized spacial score (nSPS) is 13.6. The third-order valence-corrected chi connectivity index (χ3v) is 31.7. The van der Waals surface area contributed by atoms with Gasteiger partial charge < -0.3 is 28.8 Å². The lowest BCUT2D eigenvalue weighted by molar-refractivity contribution is -0.146. The van der Waals surface area contributed by atoms with E-state index >= 15 is 0 Å². The summed E-state index contributed by atoms with van der Waals surface area (Å²) in [5.41, 5.74) is 33.6. The summed E-state index contributed by atoms with van der Waals surface area (Å²) in [6, 6.07) is 10.3. The van der Waals surface area contributed by atoms with Gasteiger partial charge in [-0.15, -0.1) is 0 Å². The number of carbonyl (C=O) groups excluding carboxylic acids is 3. The van der Waals surface area contributed by atoms with Gasteiger partial charge in [0.05, 0.1) is 25.9 Å². The molecule has 3 unspecified atom stereocenters. The zero-order valence-electron chi connectivity index (χ0n) is 101. The second kappa shape index (κ2) is 104. The lowest BCUT2D eigenvalue weighted by Gasteiger charge is -2.36. The van der Waals surface area contributed by atoms with Gasteiger partial charge in [-0.2, -0.15) is 11.8 Å². The highest BCUT2D eigenvalue weighted by Gasteiger charge is 2.37. The fourth-order valence-electron chi connectivity index (χ4n) is 12.8. The number of unbranched alkanes of at least 4 members (excludes halogenated alkanes) is 1. The number of aliphatic hydroxyl groups is 1. The molecular formula is C128H229N5O7SSi. The van der Waals surface area contributed by atoms with Crippen molar-refractivity contribution in [1.29, 1.82) is 0 Å². The predicted molar refractivity (Wildman–Crippen MR) is 643 cm³/mol. The van der Waals surface area contributed by atoms with Crippen LogP contribution < -0.4 is 0 Å².